The van der Waals surface area contributed by atoms with Gasteiger partial charge in [-0.05, 0) is 24.6 Å². The maximum atomic E-state index is 6.17. The van der Waals surface area contributed by atoms with E-state index in [4.69, 9.17) is 11.6 Å². The molecule has 0 aliphatic carbocycles. The van der Waals surface area contributed by atoms with E-state index in [1.165, 1.54) is 5.56 Å². The van der Waals surface area contributed by atoms with E-state index >= 15 is 0 Å². The number of nitrogens with one attached hydrogen (secondary N) is 1. The summed E-state index contributed by atoms with van der Waals surface area (Å²) in [7, 11) is 2.15. The Bertz CT molecular complexity index is 348. The minimum atomic E-state index is 0.472. The molecule has 1 atom stereocenters. The van der Waals surface area contributed by atoms with Crippen LogP contribution < -0.4 is 5.32 Å². The zero-order chi connectivity index (χ0) is 11.5. The van der Waals surface area contributed by atoms with Crippen molar-refractivity contribution in [3.8, 4) is 0 Å². The normalized spacial score (nSPS) is 19.4. The molecule has 0 saturated carbocycles. The van der Waals surface area contributed by atoms with Gasteiger partial charge in [0, 0.05) is 30.7 Å². The Balaban J connectivity index is 1.84. The van der Waals surface area contributed by atoms with Crippen molar-refractivity contribution in [1.29, 1.82) is 0 Å². The molecule has 1 fully saturated rings. The molecule has 16 heavy (non-hydrogen) atoms. The van der Waals surface area contributed by atoms with Gasteiger partial charge in [-0.3, -0.25) is 0 Å². The number of halogens is 1. The van der Waals surface area contributed by atoms with Crippen LogP contribution in [0.1, 0.15) is 18.4 Å². The first-order chi connectivity index (χ1) is 7.66. The standard InChI is InChI=1S/C13H19ClN2/c1-10(7-15-11-8-16(2)9-11)12-5-3-4-6-13(12)14/h3-6,10-11,15H,7-9H2,1-2H3. The number of likely N-dealkylation sites (N-methyl/N-ethyl adjacent to an activating group) is 1. The van der Waals surface area contributed by atoms with Gasteiger partial charge in [0.05, 0.1) is 0 Å². The van der Waals surface area contributed by atoms with Gasteiger partial charge in [-0.1, -0.05) is 36.7 Å². The molecule has 1 aliphatic rings. The van der Waals surface area contributed by atoms with Crippen LogP contribution in [-0.2, 0) is 0 Å². The first kappa shape index (κ1) is 11.9. The second-order valence-electron chi connectivity index (χ2n) is 4.75. The summed E-state index contributed by atoms with van der Waals surface area (Å²) in [5, 5.41) is 4.45. The van der Waals surface area contributed by atoms with Crippen LogP contribution in [-0.4, -0.2) is 37.6 Å². The predicted octanol–water partition coefficient (Wildman–Crippen LogP) is 2.35. The van der Waals surface area contributed by atoms with Crippen molar-refractivity contribution in [1.82, 2.24) is 10.2 Å². The van der Waals surface area contributed by atoms with Crippen LogP contribution in [0.25, 0.3) is 0 Å². The molecule has 2 nitrogen and oxygen atoms in total. The molecule has 0 bridgehead atoms. The Morgan fingerprint density at radius 1 is 1.44 bits per heavy atom. The van der Waals surface area contributed by atoms with E-state index in [1.54, 1.807) is 0 Å². The first-order valence-corrected chi connectivity index (χ1v) is 6.21. The van der Waals surface area contributed by atoms with Crippen molar-refractivity contribution in [2.24, 2.45) is 0 Å². The van der Waals surface area contributed by atoms with E-state index in [9.17, 15) is 0 Å². The van der Waals surface area contributed by atoms with Crippen LogP contribution in [0.3, 0.4) is 0 Å². The lowest BCUT2D eigenvalue weighted by molar-refractivity contribution is 0.161. The van der Waals surface area contributed by atoms with Crippen LogP contribution in [0.5, 0.6) is 0 Å². The highest BCUT2D eigenvalue weighted by Crippen LogP contribution is 2.23. The van der Waals surface area contributed by atoms with E-state index in [2.05, 4.69) is 36.3 Å². The minimum Gasteiger partial charge on any atom is -0.311 e. The quantitative estimate of drug-likeness (QED) is 0.867. The Kier molecular flexibility index (Phi) is 3.85. The van der Waals surface area contributed by atoms with E-state index in [0.29, 0.717) is 12.0 Å². The first-order valence-electron chi connectivity index (χ1n) is 5.83. The van der Waals surface area contributed by atoms with Crippen LogP contribution in [0, 0.1) is 0 Å². The maximum Gasteiger partial charge on any atom is 0.0441 e. The summed E-state index contributed by atoms with van der Waals surface area (Å²) in [5.41, 5.74) is 1.24. The second-order valence-corrected chi connectivity index (χ2v) is 5.16. The van der Waals surface area contributed by atoms with E-state index in [1.807, 2.05) is 12.1 Å². The molecular formula is C13H19ClN2. The van der Waals surface area contributed by atoms with Gasteiger partial charge in [0.15, 0.2) is 0 Å². The molecule has 0 aromatic heterocycles. The number of benzene rings is 1. The van der Waals surface area contributed by atoms with E-state index in [0.717, 1.165) is 24.7 Å². The molecule has 1 heterocycles. The van der Waals surface area contributed by atoms with Crippen LogP contribution >= 0.6 is 11.6 Å². The molecule has 0 amide bonds. The minimum absolute atomic E-state index is 0.472. The lowest BCUT2D eigenvalue weighted by Crippen LogP contribution is -2.56. The van der Waals surface area contributed by atoms with Crippen LogP contribution in [0.2, 0.25) is 5.02 Å². The second kappa shape index (κ2) is 5.17. The summed E-state index contributed by atoms with van der Waals surface area (Å²) in [4.78, 5) is 2.32. The number of hydrogen-bond acceptors (Lipinski definition) is 2. The largest absolute Gasteiger partial charge is 0.311 e. The molecule has 1 aromatic carbocycles. The highest BCUT2D eigenvalue weighted by molar-refractivity contribution is 6.31. The van der Waals surface area contributed by atoms with Crippen molar-refractivity contribution >= 4 is 11.6 Å². The monoisotopic (exact) mass is 238 g/mol. The van der Waals surface area contributed by atoms with Gasteiger partial charge in [-0.2, -0.15) is 0 Å². The highest BCUT2D eigenvalue weighted by Gasteiger charge is 2.23. The number of hydrogen-bond donors (Lipinski definition) is 1. The molecule has 1 N–H and O–H groups in total. The SMILES string of the molecule is CC(CNC1CN(C)C1)c1ccccc1Cl. The highest BCUT2D eigenvalue weighted by atomic mass is 35.5. The van der Waals surface area contributed by atoms with Gasteiger partial charge < -0.3 is 10.2 Å². The van der Waals surface area contributed by atoms with Gasteiger partial charge in [-0.15, -0.1) is 0 Å². The van der Waals surface area contributed by atoms with E-state index < -0.39 is 0 Å². The average molecular weight is 239 g/mol. The van der Waals surface area contributed by atoms with Crippen molar-refractivity contribution in [2.45, 2.75) is 18.9 Å². The van der Waals surface area contributed by atoms with Crippen LogP contribution in [0.15, 0.2) is 24.3 Å². The molecule has 1 saturated heterocycles. The average Bonchev–Trinajstić information content (AvgIpc) is 2.23. The molecule has 1 aromatic rings. The van der Waals surface area contributed by atoms with Crippen molar-refractivity contribution < 1.29 is 0 Å². The van der Waals surface area contributed by atoms with Gasteiger partial charge in [0.25, 0.3) is 0 Å². The zero-order valence-electron chi connectivity index (χ0n) is 9.91. The fourth-order valence-electron chi connectivity index (χ4n) is 2.16. The van der Waals surface area contributed by atoms with Crippen molar-refractivity contribution in [3.05, 3.63) is 34.9 Å². The van der Waals surface area contributed by atoms with E-state index in [-0.39, 0.29) is 0 Å². The smallest absolute Gasteiger partial charge is 0.0441 e. The third kappa shape index (κ3) is 2.76. The fourth-order valence-corrected chi connectivity index (χ4v) is 2.48. The third-order valence-corrected chi connectivity index (χ3v) is 3.56. The predicted molar refractivity (Wildman–Crippen MR) is 69.2 cm³/mol. The van der Waals surface area contributed by atoms with Gasteiger partial charge >= 0.3 is 0 Å². The van der Waals surface area contributed by atoms with Crippen LogP contribution in [0.4, 0.5) is 0 Å². The number of rotatable bonds is 4. The summed E-state index contributed by atoms with van der Waals surface area (Å²) in [5.74, 6) is 0.472. The molecule has 1 aliphatic heterocycles. The third-order valence-electron chi connectivity index (χ3n) is 3.21. The Morgan fingerprint density at radius 3 is 2.75 bits per heavy atom. The van der Waals surface area contributed by atoms with Gasteiger partial charge in [0.1, 0.15) is 0 Å². The molecule has 88 valence electrons. The Morgan fingerprint density at radius 2 is 2.12 bits per heavy atom. The zero-order valence-corrected chi connectivity index (χ0v) is 10.7. The molecular weight excluding hydrogens is 220 g/mol. The molecule has 0 radical (unpaired) electrons. The summed E-state index contributed by atoms with van der Waals surface area (Å²) in [6.07, 6.45) is 0. The maximum absolute atomic E-state index is 6.17. The number of likely N-dealkylation sites (tertiary alicyclic amines) is 1. The summed E-state index contributed by atoms with van der Waals surface area (Å²) in [6, 6.07) is 8.77. The summed E-state index contributed by atoms with van der Waals surface area (Å²) in [6.45, 7) is 5.54. The molecule has 0 spiro atoms. The Labute approximate surface area is 103 Å². The lowest BCUT2D eigenvalue weighted by atomic mass is 10.00. The van der Waals surface area contributed by atoms with Gasteiger partial charge in [-0.25, -0.2) is 0 Å². The summed E-state index contributed by atoms with van der Waals surface area (Å²) >= 11 is 6.17. The molecule has 2 rings (SSSR count). The molecule has 3 heteroatoms. The Hall–Kier alpha value is -0.570. The van der Waals surface area contributed by atoms with Crippen molar-refractivity contribution in [3.63, 3.8) is 0 Å². The van der Waals surface area contributed by atoms with Gasteiger partial charge in [0.2, 0.25) is 0 Å². The summed E-state index contributed by atoms with van der Waals surface area (Å²) < 4.78 is 0. The number of nitrogens with zero attached hydrogens (tertiary/aromatic N) is 1. The fraction of sp³-hybridized carbons (Fsp3) is 0.538. The lowest BCUT2D eigenvalue weighted by Gasteiger charge is -2.37. The van der Waals surface area contributed by atoms with Crippen molar-refractivity contribution in [2.75, 3.05) is 26.7 Å². The molecule has 1 unspecified atom stereocenters. The topological polar surface area (TPSA) is 15.3 Å².